The normalized spacial score (nSPS) is 10.1. The summed E-state index contributed by atoms with van der Waals surface area (Å²) in [5.41, 5.74) is 0. The van der Waals surface area contributed by atoms with E-state index in [9.17, 15) is 4.79 Å². The van der Waals surface area contributed by atoms with Crippen molar-refractivity contribution in [3.8, 4) is 0 Å². The molecule has 0 bridgehead atoms. The van der Waals surface area contributed by atoms with Crippen LogP contribution in [0.4, 0.5) is 4.79 Å². The first kappa shape index (κ1) is 15.2. The zero-order valence-corrected chi connectivity index (χ0v) is 10.4. The molecule has 0 heterocycles. The van der Waals surface area contributed by atoms with E-state index in [0.29, 0.717) is 19.8 Å². The van der Waals surface area contributed by atoms with Gasteiger partial charge in [-0.1, -0.05) is 6.92 Å². The van der Waals surface area contributed by atoms with Crippen LogP contribution in [0.25, 0.3) is 0 Å². The molecule has 0 saturated heterocycles. The SMILES string of the molecule is CCCOCCOCCCCNC(=O)NC. The summed E-state index contributed by atoms with van der Waals surface area (Å²) in [5, 5.41) is 5.22. The van der Waals surface area contributed by atoms with Gasteiger partial charge in [0.1, 0.15) is 0 Å². The van der Waals surface area contributed by atoms with Crippen molar-refractivity contribution in [2.75, 3.05) is 40.0 Å². The lowest BCUT2D eigenvalue weighted by atomic mass is 10.3. The van der Waals surface area contributed by atoms with E-state index in [-0.39, 0.29) is 6.03 Å². The van der Waals surface area contributed by atoms with Crippen LogP contribution >= 0.6 is 0 Å². The number of ether oxygens (including phenoxy) is 2. The molecule has 5 heteroatoms. The van der Waals surface area contributed by atoms with Gasteiger partial charge in [0, 0.05) is 26.8 Å². The molecule has 0 aliphatic rings. The van der Waals surface area contributed by atoms with E-state index in [4.69, 9.17) is 9.47 Å². The van der Waals surface area contributed by atoms with Gasteiger partial charge in [-0.15, -0.1) is 0 Å². The lowest BCUT2D eigenvalue weighted by molar-refractivity contribution is 0.0467. The number of hydrogen-bond acceptors (Lipinski definition) is 3. The largest absolute Gasteiger partial charge is 0.379 e. The minimum Gasteiger partial charge on any atom is -0.379 e. The maximum atomic E-state index is 10.8. The summed E-state index contributed by atoms with van der Waals surface area (Å²) in [5.74, 6) is 0. The molecule has 0 aliphatic heterocycles. The summed E-state index contributed by atoms with van der Waals surface area (Å²) in [4.78, 5) is 10.8. The minimum atomic E-state index is -0.131. The lowest BCUT2D eigenvalue weighted by Gasteiger charge is -2.06. The molecule has 96 valence electrons. The molecule has 0 unspecified atom stereocenters. The molecule has 0 saturated carbocycles. The Hall–Kier alpha value is -0.810. The van der Waals surface area contributed by atoms with Crippen molar-refractivity contribution in [3.63, 3.8) is 0 Å². The van der Waals surface area contributed by atoms with Gasteiger partial charge in [-0.3, -0.25) is 0 Å². The Morgan fingerprint density at radius 2 is 1.75 bits per heavy atom. The number of carbonyl (C=O) groups is 1. The van der Waals surface area contributed by atoms with Crippen LogP contribution in [0.3, 0.4) is 0 Å². The van der Waals surface area contributed by atoms with E-state index in [2.05, 4.69) is 17.6 Å². The van der Waals surface area contributed by atoms with Gasteiger partial charge in [-0.25, -0.2) is 4.79 Å². The molecule has 0 radical (unpaired) electrons. The highest BCUT2D eigenvalue weighted by Crippen LogP contribution is 1.89. The predicted molar refractivity (Wildman–Crippen MR) is 63.6 cm³/mol. The Bertz CT molecular complexity index is 165. The zero-order valence-electron chi connectivity index (χ0n) is 10.4. The monoisotopic (exact) mass is 232 g/mol. The van der Waals surface area contributed by atoms with E-state index in [0.717, 1.165) is 32.5 Å². The second-order valence-electron chi connectivity index (χ2n) is 3.44. The summed E-state index contributed by atoms with van der Waals surface area (Å²) in [6.45, 7) is 5.63. The van der Waals surface area contributed by atoms with Crippen molar-refractivity contribution in [3.05, 3.63) is 0 Å². The van der Waals surface area contributed by atoms with E-state index in [1.54, 1.807) is 7.05 Å². The molecule has 0 aliphatic carbocycles. The van der Waals surface area contributed by atoms with Crippen LogP contribution in [0.2, 0.25) is 0 Å². The Morgan fingerprint density at radius 3 is 2.38 bits per heavy atom. The second-order valence-corrected chi connectivity index (χ2v) is 3.44. The van der Waals surface area contributed by atoms with E-state index in [1.165, 1.54) is 0 Å². The molecular weight excluding hydrogens is 208 g/mol. The van der Waals surface area contributed by atoms with Gasteiger partial charge in [0.15, 0.2) is 0 Å². The standard InChI is InChI=1S/C11H24N2O3/c1-3-7-15-9-10-16-8-5-4-6-13-11(14)12-2/h3-10H2,1-2H3,(H2,12,13,14). The molecule has 0 aromatic carbocycles. The molecule has 0 atom stereocenters. The van der Waals surface area contributed by atoms with Gasteiger partial charge >= 0.3 is 6.03 Å². The number of amides is 2. The molecule has 0 rings (SSSR count). The molecular formula is C11H24N2O3. The van der Waals surface area contributed by atoms with Crippen LogP contribution in [-0.4, -0.2) is 46.1 Å². The fourth-order valence-corrected chi connectivity index (χ4v) is 1.09. The van der Waals surface area contributed by atoms with Crippen molar-refractivity contribution in [1.29, 1.82) is 0 Å². The number of carbonyl (C=O) groups excluding carboxylic acids is 1. The van der Waals surface area contributed by atoms with Crippen LogP contribution < -0.4 is 10.6 Å². The van der Waals surface area contributed by atoms with Gasteiger partial charge < -0.3 is 20.1 Å². The molecule has 16 heavy (non-hydrogen) atoms. The first-order chi connectivity index (χ1) is 7.81. The maximum Gasteiger partial charge on any atom is 0.314 e. The van der Waals surface area contributed by atoms with E-state index < -0.39 is 0 Å². The van der Waals surface area contributed by atoms with Crippen LogP contribution in [0.1, 0.15) is 26.2 Å². The summed E-state index contributed by atoms with van der Waals surface area (Å²) in [6, 6.07) is -0.131. The van der Waals surface area contributed by atoms with Crippen LogP contribution in [0.15, 0.2) is 0 Å². The third-order valence-electron chi connectivity index (χ3n) is 1.95. The Kier molecular flexibility index (Phi) is 11.6. The predicted octanol–water partition coefficient (Wildman–Crippen LogP) is 1.14. The van der Waals surface area contributed by atoms with Gasteiger partial charge in [0.2, 0.25) is 0 Å². The average molecular weight is 232 g/mol. The van der Waals surface area contributed by atoms with Crippen molar-refractivity contribution >= 4 is 6.03 Å². The van der Waals surface area contributed by atoms with Gasteiger partial charge in [-0.2, -0.15) is 0 Å². The quantitative estimate of drug-likeness (QED) is 0.555. The Balaban J connectivity index is 2.96. The van der Waals surface area contributed by atoms with Gasteiger partial charge in [-0.05, 0) is 19.3 Å². The van der Waals surface area contributed by atoms with E-state index in [1.807, 2.05) is 0 Å². The molecule has 0 aromatic heterocycles. The Morgan fingerprint density at radius 1 is 1.06 bits per heavy atom. The highest BCUT2D eigenvalue weighted by atomic mass is 16.5. The molecule has 2 amide bonds. The maximum absolute atomic E-state index is 10.8. The molecule has 0 spiro atoms. The lowest BCUT2D eigenvalue weighted by Crippen LogP contribution is -2.33. The third-order valence-corrected chi connectivity index (χ3v) is 1.95. The molecule has 0 aromatic rings. The summed E-state index contributed by atoms with van der Waals surface area (Å²) < 4.78 is 10.6. The first-order valence-corrected chi connectivity index (χ1v) is 5.92. The fourth-order valence-electron chi connectivity index (χ4n) is 1.09. The first-order valence-electron chi connectivity index (χ1n) is 5.92. The number of urea groups is 1. The summed E-state index contributed by atoms with van der Waals surface area (Å²) >= 11 is 0. The van der Waals surface area contributed by atoms with Crippen molar-refractivity contribution in [1.82, 2.24) is 10.6 Å². The fraction of sp³-hybridized carbons (Fsp3) is 0.909. The number of unbranched alkanes of at least 4 members (excludes halogenated alkanes) is 1. The topological polar surface area (TPSA) is 59.6 Å². The second kappa shape index (κ2) is 12.3. The highest BCUT2D eigenvalue weighted by molar-refractivity contribution is 5.73. The third kappa shape index (κ3) is 11.3. The summed E-state index contributed by atoms with van der Waals surface area (Å²) in [6.07, 6.45) is 2.94. The summed E-state index contributed by atoms with van der Waals surface area (Å²) in [7, 11) is 1.61. The average Bonchev–Trinajstić information content (AvgIpc) is 2.31. The number of hydrogen-bond donors (Lipinski definition) is 2. The van der Waals surface area contributed by atoms with Crippen LogP contribution in [-0.2, 0) is 9.47 Å². The van der Waals surface area contributed by atoms with Crippen LogP contribution in [0, 0.1) is 0 Å². The van der Waals surface area contributed by atoms with Crippen molar-refractivity contribution in [2.45, 2.75) is 26.2 Å². The van der Waals surface area contributed by atoms with Gasteiger partial charge in [0.05, 0.1) is 13.2 Å². The minimum absolute atomic E-state index is 0.131. The molecule has 2 N–H and O–H groups in total. The Labute approximate surface area is 97.9 Å². The smallest absolute Gasteiger partial charge is 0.314 e. The highest BCUT2D eigenvalue weighted by Gasteiger charge is 1.94. The number of nitrogens with one attached hydrogen (secondary N) is 2. The number of rotatable bonds is 10. The van der Waals surface area contributed by atoms with E-state index >= 15 is 0 Å². The van der Waals surface area contributed by atoms with Gasteiger partial charge in [0.25, 0.3) is 0 Å². The molecule has 5 nitrogen and oxygen atoms in total. The molecule has 0 fully saturated rings. The van der Waals surface area contributed by atoms with Crippen molar-refractivity contribution in [2.24, 2.45) is 0 Å². The van der Waals surface area contributed by atoms with Crippen molar-refractivity contribution < 1.29 is 14.3 Å². The zero-order chi connectivity index (χ0) is 12.1. The van der Waals surface area contributed by atoms with Crippen LogP contribution in [0.5, 0.6) is 0 Å².